The summed E-state index contributed by atoms with van der Waals surface area (Å²) in [6, 6.07) is 2.13. The molecule has 0 amide bonds. The van der Waals surface area contributed by atoms with Crippen molar-refractivity contribution in [2.24, 2.45) is 5.92 Å². The first-order valence-corrected chi connectivity index (χ1v) is 7.78. The van der Waals surface area contributed by atoms with Crippen LogP contribution in [0.2, 0.25) is 8.67 Å². The molecule has 2 rings (SSSR count). The number of Topliss-reactive ketones (excluding diaryl/α,β-unsaturated/α-hetero) is 1. The molecule has 0 radical (unpaired) electrons. The lowest BCUT2D eigenvalue weighted by atomic mass is 9.92. The Kier molecular flexibility index (Phi) is 4.70. The third-order valence-corrected chi connectivity index (χ3v) is 5.30. The number of hydrogen-bond acceptors (Lipinski definition) is 3. The van der Waals surface area contributed by atoms with Crippen molar-refractivity contribution in [2.45, 2.75) is 32.7 Å². The maximum atomic E-state index is 12.2. The van der Waals surface area contributed by atoms with E-state index in [0.29, 0.717) is 32.7 Å². The number of likely N-dealkylation sites (tertiary alicyclic amines) is 1. The van der Waals surface area contributed by atoms with E-state index < -0.39 is 0 Å². The molecular weight excluding hydrogens is 289 g/mol. The molecule has 1 aliphatic rings. The Labute approximate surface area is 122 Å². The summed E-state index contributed by atoms with van der Waals surface area (Å²) in [5, 5.41) is 0. The van der Waals surface area contributed by atoms with Gasteiger partial charge in [-0.15, -0.1) is 11.3 Å². The minimum absolute atomic E-state index is 0.0732. The predicted molar refractivity (Wildman–Crippen MR) is 78.1 cm³/mol. The molecule has 2 atom stereocenters. The number of nitrogens with zero attached hydrogens (tertiary/aromatic N) is 1. The van der Waals surface area contributed by atoms with Gasteiger partial charge in [-0.3, -0.25) is 9.69 Å². The Balaban J connectivity index is 2.05. The first kappa shape index (κ1) is 14.3. The van der Waals surface area contributed by atoms with E-state index in [1.54, 1.807) is 6.07 Å². The number of ketones is 1. The molecule has 5 heteroatoms. The molecular formula is C13H17Cl2NOS. The van der Waals surface area contributed by atoms with Crippen LogP contribution in [0.5, 0.6) is 0 Å². The number of hydrogen-bond donors (Lipinski definition) is 0. The average molecular weight is 306 g/mol. The summed E-state index contributed by atoms with van der Waals surface area (Å²) in [6.07, 6.45) is 2.41. The molecule has 0 spiro atoms. The zero-order valence-corrected chi connectivity index (χ0v) is 12.9. The van der Waals surface area contributed by atoms with Gasteiger partial charge in [0.25, 0.3) is 0 Å². The normalized spacial score (nSPS) is 25.3. The van der Waals surface area contributed by atoms with E-state index in [2.05, 4.69) is 18.7 Å². The summed E-state index contributed by atoms with van der Waals surface area (Å²) in [4.78, 5) is 14.5. The van der Waals surface area contributed by atoms with Gasteiger partial charge in [0, 0.05) is 6.04 Å². The highest BCUT2D eigenvalue weighted by Gasteiger charge is 2.27. The van der Waals surface area contributed by atoms with Gasteiger partial charge < -0.3 is 0 Å². The van der Waals surface area contributed by atoms with Crippen LogP contribution < -0.4 is 0 Å². The van der Waals surface area contributed by atoms with Crippen molar-refractivity contribution in [1.82, 2.24) is 4.90 Å². The standard InChI is InChI=1S/C13H17Cl2NOS/c1-8-4-3-5-16(9(8)2)7-11(17)10-6-12(14)18-13(10)15/h6,8-9H,3-5,7H2,1-2H3. The quantitative estimate of drug-likeness (QED) is 0.773. The summed E-state index contributed by atoms with van der Waals surface area (Å²) < 4.78 is 1.08. The van der Waals surface area contributed by atoms with Crippen LogP contribution in [0.4, 0.5) is 0 Å². The molecule has 2 heterocycles. The maximum Gasteiger partial charge on any atom is 0.179 e. The molecule has 1 aromatic rings. The van der Waals surface area contributed by atoms with Crippen molar-refractivity contribution in [3.8, 4) is 0 Å². The first-order chi connectivity index (χ1) is 8.49. The lowest BCUT2D eigenvalue weighted by Crippen LogP contribution is -2.44. The van der Waals surface area contributed by atoms with Crippen LogP contribution in [0.25, 0.3) is 0 Å². The average Bonchev–Trinajstić information content (AvgIpc) is 2.64. The van der Waals surface area contributed by atoms with Gasteiger partial charge in [-0.2, -0.15) is 0 Å². The van der Waals surface area contributed by atoms with Crippen LogP contribution in [0, 0.1) is 5.92 Å². The predicted octanol–water partition coefficient (Wildman–Crippen LogP) is 4.36. The van der Waals surface area contributed by atoms with Crippen molar-refractivity contribution in [3.63, 3.8) is 0 Å². The van der Waals surface area contributed by atoms with Gasteiger partial charge in [-0.25, -0.2) is 0 Å². The minimum atomic E-state index is 0.0732. The van der Waals surface area contributed by atoms with Crippen LogP contribution in [-0.2, 0) is 0 Å². The fourth-order valence-corrected chi connectivity index (χ4v) is 3.94. The third-order valence-electron chi connectivity index (χ3n) is 3.81. The van der Waals surface area contributed by atoms with Gasteiger partial charge in [0.15, 0.2) is 5.78 Å². The summed E-state index contributed by atoms with van der Waals surface area (Å²) in [7, 11) is 0. The largest absolute Gasteiger partial charge is 0.293 e. The summed E-state index contributed by atoms with van der Waals surface area (Å²) in [5.41, 5.74) is 0.567. The number of rotatable bonds is 3. The van der Waals surface area contributed by atoms with Crippen LogP contribution in [0.1, 0.15) is 37.0 Å². The second kappa shape index (κ2) is 5.91. The van der Waals surface area contributed by atoms with Crippen molar-refractivity contribution >= 4 is 40.3 Å². The molecule has 0 bridgehead atoms. The van der Waals surface area contributed by atoms with Gasteiger partial charge in [0.1, 0.15) is 4.34 Å². The highest BCUT2D eigenvalue weighted by molar-refractivity contribution is 7.20. The molecule has 2 nitrogen and oxygen atoms in total. The van der Waals surface area contributed by atoms with Crippen LogP contribution in [0.15, 0.2) is 6.07 Å². The number of carbonyl (C=O) groups excluding carboxylic acids is 1. The zero-order valence-electron chi connectivity index (χ0n) is 10.6. The van der Waals surface area contributed by atoms with Gasteiger partial charge in [-0.05, 0) is 38.3 Å². The lowest BCUT2D eigenvalue weighted by Gasteiger charge is -2.37. The molecule has 0 aromatic carbocycles. The Morgan fingerprint density at radius 3 is 2.83 bits per heavy atom. The van der Waals surface area contributed by atoms with Crippen molar-refractivity contribution in [2.75, 3.05) is 13.1 Å². The Morgan fingerprint density at radius 2 is 2.22 bits per heavy atom. The van der Waals surface area contributed by atoms with Crippen molar-refractivity contribution in [1.29, 1.82) is 0 Å². The molecule has 0 aliphatic carbocycles. The number of carbonyl (C=O) groups is 1. The Hall–Kier alpha value is -0.0900. The molecule has 100 valence electrons. The van der Waals surface area contributed by atoms with Crippen LogP contribution in [0.3, 0.4) is 0 Å². The third kappa shape index (κ3) is 3.08. The van der Waals surface area contributed by atoms with Crippen molar-refractivity contribution < 1.29 is 4.79 Å². The van der Waals surface area contributed by atoms with E-state index in [1.807, 2.05) is 0 Å². The SMILES string of the molecule is CC1CCCN(CC(=O)c2cc(Cl)sc2Cl)C1C. The Morgan fingerprint density at radius 1 is 1.50 bits per heavy atom. The topological polar surface area (TPSA) is 20.3 Å². The van der Waals surface area contributed by atoms with E-state index >= 15 is 0 Å². The molecule has 1 saturated heterocycles. The van der Waals surface area contributed by atoms with Crippen molar-refractivity contribution in [3.05, 3.63) is 20.3 Å². The summed E-state index contributed by atoms with van der Waals surface area (Å²) >= 11 is 13.1. The summed E-state index contributed by atoms with van der Waals surface area (Å²) in [6.45, 7) is 5.88. The Bertz CT molecular complexity index is 446. The minimum Gasteiger partial charge on any atom is -0.293 e. The molecule has 0 saturated carbocycles. The van der Waals surface area contributed by atoms with Gasteiger partial charge in [0.2, 0.25) is 0 Å². The molecule has 1 aromatic heterocycles. The molecule has 18 heavy (non-hydrogen) atoms. The second-order valence-corrected chi connectivity index (χ2v) is 7.28. The second-order valence-electron chi connectivity index (χ2n) is 4.99. The molecule has 1 aliphatic heterocycles. The van der Waals surface area contributed by atoms with E-state index in [0.717, 1.165) is 13.0 Å². The zero-order chi connectivity index (χ0) is 13.3. The highest BCUT2D eigenvalue weighted by atomic mass is 35.5. The molecule has 1 fully saturated rings. The summed E-state index contributed by atoms with van der Waals surface area (Å²) in [5.74, 6) is 0.720. The van der Waals surface area contributed by atoms with Crippen LogP contribution >= 0.6 is 34.5 Å². The lowest BCUT2D eigenvalue weighted by molar-refractivity contribution is 0.0780. The smallest absolute Gasteiger partial charge is 0.179 e. The van der Waals surface area contributed by atoms with E-state index in [-0.39, 0.29) is 5.78 Å². The number of halogens is 2. The van der Waals surface area contributed by atoms with E-state index in [9.17, 15) is 4.79 Å². The maximum absolute atomic E-state index is 12.2. The fourth-order valence-electron chi connectivity index (χ4n) is 2.44. The van der Waals surface area contributed by atoms with E-state index in [1.165, 1.54) is 17.8 Å². The van der Waals surface area contributed by atoms with Gasteiger partial charge in [0.05, 0.1) is 16.4 Å². The fraction of sp³-hybridized carbons (Fsp3) is 0.615. The number of thiophene rings is 1. The highest BCUT2D eigenvalue weighted by Crippen LogP contribution is 2.32. The van der Waals surface area contributed by atoms with Crippen LogP contribution in [-0.4, -0.2) is 29.8 Å². The number of piperidine rings is 1. The van der Waals surface area contributed by atoms with Gasteiger partial charge >= 0.3 is 0 Å². The van der Waals surface area contributed by atoms with E-state index in [4.69, 9.17) is 23.2 Å². The molecule has 2 unspecified atom stereocenters. The molecule has 0 N–H and O–H groups in total. The monoisotopic (exact) mass is 305 g/mol. The first-order valence-electron chi connectivity index (χ1n) is 6.21. The van der Waals surface area contributed by atoms with Gasteiger partial charge in [-0.1, -0.05) is 30.1 Å².